The number of benzene rings is 2. The normalized spacial score (nSPS) is 14.7. The molecule has 0 atom stereocenters. The van der Waals surface area contributed by atoms with Crippen molar-refractivity contribution in [3.05, 3.63) is 52.1 Å². The summed E-state index contributed by atoms with van der Waals surface area (Å²) < 4.78 is 28.9. The maximum absolute atomic E-state index is 13.1. The molecule has 156 valence electrons. The number of hydrogen-bond acceptors (Lipinski definition) is 5. The zero-order valence-electron chi connectivity index (χ0n) is 17.1. The van der Waals surface area contributed by atoms with Gasteiger partial charge in [-0.15, -0.1) is 0 Å². The third-order valence-electron chi connectivity index (χ3n) is 5.40. The van der Waals surface area contributed by atoms with Crippen molar-refractivity contribution in [3.8, 4) is 0 Å². The standard InChI is InChI=1S/C21H26N2O4S2/c1-13-11-14(2)16(4)20(15(13)3)29(26,27)22-17-5-6-19(18(12-17)21(24)25)23-7-9-28-10-8-23/h5-6,11-12,22H,7-10H2,1-4H3,(H,24,25). The summed E-state index contributed by atoms with van der Waals surface area (Å²) in [7, 11) is -3.86. The third kappa shape index (κ3) is 4.38. The second-order valence-corrected chi connectivity index (χ2v) is 10.2. The van der Waals surface area contributed by atoms with Crippen LogP contribution in [-0.4, -0.2) is 44.1 Å². The van der Waals surface area contributed by atoms with E-state index in [4.69, 9.17) is 0 Å². The van der Waals surface area contributed by atoms with Crippen LogP contribution in [0.3, 0.4) is 0 Å². The first kappa shape index (κ1) is 21.5. The van der Waals surface area contributed by atoms with E-state index in [1.54, 1.807) is 26.0 Å². The molecule has 1 aliphatic rings. The number of hydrogen-bond donors (Lipinski definition) is 2. The topological polar surface area (TPSA) is 86.7 Å². The molecule has 2 N–H and O–H groups in total. The summed E-state index contributed by atoms with van der Waals surface area (Å²) in [6.07, 6.45) is 0. The molecule has 29 heavy (non-hydrogen) atoms. The minimum atomic E-state index is -3.86. The second kappa shape index (κ2) is 8.28. The maximum atomic E-state index is 13.1. The zero-order valence-corrected chi connectivity index (χ0v) is 18.7. The molecule has 0 saturated carbocycles. The zero-order chi connectivity index (χ0) is 21.3. The van der Waals surface area contributed by atoms with E-state index in [1.807, 2.05) is 36.6 Å². The summed E-state index contributed by atoms with van der Waals surface area (Å²) in [5.41, 5.74) is 4.17. The fraction of sp³-hybridized carbons (Fsp3) is 0.381. The Hall–Kier alpha value is -2.19. The molecule has 0 unspecified atom stereocenters. The Morgan fingerprint density at radius 1 is 1.03 bits per heavy atom. The minimum Gasteiger partial charge on any atom is -0.478 e. The predicted molar refractivity (Wildman–Crippen MR) is 119 cm³/mol. The number of sulfonamides is 1. The average molecular weight is 435 g/mol. The van der Waals surface area contributed by atoms with Gasteiger partial charge in [-0.25, -0.2) is 13.2 Å². The van der Waals surface area contributed by atoms with Gasteiger partial charge in [0, 0.05) is 30.3 Å². The van der Waals surface area contributed by atoms with Crippen LogP contribution in [0.2, 0.25) is 0 Å². The second-order valence-electron chi connectivity index (χ2n) is 7.33. The number of carbonyl (C=O) groups is 1. The van der Waals surface area contributed by atoms with Gasteiger partial charge in [0.25, 0.3) is 10.0 Å². The van der Waals surface area contributed by atoms with Gasteiger partial charge >= 0.3 is 5.97 Å². The molecule has 0 bridgehead atoms. The highest BCUT2D eigenvalue weighted by molar-refractivity contribution is 7.99. The molecule has 0 amide bonds. The van der Waals surface area contributed by atoms with Gasteiger partial charge in [-0.05, 0) is 68.1 Å². The molecule has 0 spiro atoms. The summed E-state index contributed by atoms with van der Waals surface area (Å²) in [6.45, 7) is 8.89. The number of rotatable bonds is 5. The average Bonchev–Trinajstić information content (AvgIpc) is 2.66. The molecule has 0 aromatic heterocycles. The highest BCUT2D eigenvalue weighted by atomic mass is 32.2. The molecule has 0 radical (unpaired) electrons. The van der Waals surface area contributed by atoms with Crippen molar-refractivity contribution in [1.82, 2.24) is 0 Å². The van der Waals surface area contributed by atoms with Crippen LogP contribution in [0, 0.1) is 27.7 Å². The Balaban J connectivity index is 2.00. The summed E-state index contributed by atoms with van der Waals surface area (Å²) >= 11 is 1.84. The summed E-state index contributed by atoms with van der Waals surface area (Å²) in [6, 6.07) is 6.70. The van der Waals surface area contributed by atoms with Gasteiger partial charge in [0.05, 0.1) is 16.1 Å². The largest absolute Gasteiger partial charge is 0.478 e. The lowest BCUT2D eigenvalue weighted by atomic mass is 10.0. The Bertz CT molecular complexity index is 1030. The quantitative estimate of drug-likeness (QED) is 0.740. The third-order valence-corrected chi connectivity index (χ3v) is 7.99. The fourth-order valence-corrected chi connectivity index (χ4v) is 6.21. The monoisotopic (exact) mass is 434 g/mol. The molecule has 2 aromatic rings. The van der Waals surface area contributed by atoms with Crippen molar-refractivity contribution in [2.45, 2.75) is 32.6 Å². The van der Waals surface area contributed by atoms with Crippen LogP contribution < -0.4 is 9.62 Å². The van der Waals surface area contributed by atoms with E-state index in [-0.39, 0.29) is 16.1 Å². The highest BCUT2D eigenvalue weighted by Crippen LogP contribution is 2.30. The number of thioether (sulfide) groups is 1. The van der Waals surface area contributed by atoms with Crippen LogP contribution >= 0.6 is 11.8 Å². The number of nitrogens with zero attached hydrogens (tertiary/aromatic N) is 1. The lowest BCUT2D eigenvalue weighted by molar-refractivity contribution is 0.0697. The smallest absolute Gasteiger partial charge is 0.337 e. The van der Waals surface area contributed by atoms with Crippen molar-refractivity contribution in [2.75, 3.05) is 34.2 Å². The molecular formula is C21H26N2O4S2. The molecule has 2 aromatic carbocycles. The molecule has 1 fully saturated rings. The van der Waals surface area contributed by atoms with Gasteiger partial charge < -0.3 is 10.0 Å². The lowest BCUT2D eigenvalue weighted by Crippen LogP contribution is -2.33. The molecule has 8 heteroatoms. The van der Waals surface area contributed by atoms with Gasteiger partial charge in [0.2, 0.25) is 0 Å². The molecule has 3 rings (SSSR count). The van der Waals surface area contributed by atoms with Crippen molar-refractivity contribution in [1.29, 1.82) is 0 Å². The maximum Gasteiger partial charge on any atom is 0.337 e. The minimum absolute atomic E-state index is 0.103. The van der Waals surface area contributed by atoms with Gasteiger partial charge in [-0.2, -0.15) is 11.8 Å². The number of carboxylic acid groups (broad SMARTS) is 1. The Labute approximate surface area is 176 Å². The Morgan fingerprint density at radius 2 is 1.62 bits per heavy atom. The number of aryl methyl sites for hydroxylation is 2. The Kier molecular flexibility index (Phi) is 6.14. The first-order valence-electron chi connectivity index (χ1n) is 9.42. The van der Waals surface area contributed by atoms with Gasteiger partial charge in [-0.3, -0.25) is 4.72 Å². The fourth-order valence-electron chi connectivity index (χ4n) is 3.64. The Morgan fingerprint density at radius 3 is 2.17 bits per heavy atom. The van der Waals surface area contributed by atoms with Crippen LogP contribution in [0.4, 0.5) is 11.4 Å². The van der Waals surface area contributed by atoms with E-state index < -0.39 is 16.0 Å². The summed E-state index contributed by atoms with van der Waals surface area (Å²) in [4.78, 5) is 14.1. The van der Waals surface area contributed by atoms with E-state index in [0.29, 0.717) is 16.8 Å². The van der Waals surface area contributed by atoms with Crippen LogP contribution in [0.15, 0.2) is 29.2 Å². The molecular weight excluding hydrogens is 408 g/mol. The van der Waals surface area contributed by atoms with Gasteiger partial charge in [0.1, 0.15) is 0 Å². The SMILES string of the molecule is Cc1cc(C)c(C)c(S(=O)(=O)Nc2ccc(N3CCSCC3)c(C(=O)O)c2)c1C. The molecule has 6 nitrogen and oxygen atoms in total. The van der Waals surface area contributed by atoms with E-state index in [0.717, 1.165) is 35.7 Å². The van der Waals surface area contributed by atoms with Crippen molar-refractivity contribution >= 4 is 39.1 Å². The van der Waals surface area contributed by atoms with Crippen molar-refractivity contribution < 1.29 is 18.3 Å². The van der Waals surface area contributed by atoms with Crippen LogP contribution in [0.25, 0.3) is 0 Å². The van der Waals surface area contributed by atoms with Gasteiger partial charge in [-0.1, -0.05) is 6.07 Å². The predicted octanol–water partition coefficient (Wildman–Crippen LogP) is 3.97. The van der Waals surface area contributed by atoms with E-state index in [9.17, 15) is 18.3 Å². The van der Waals surface area contributed by atoms with Crippen LogP contribution in [-0.2, 0) is 10.0 Å². The lowest BCUT2D eigenvalue weighted by Gasteiger charge is -2.29. The van der Waals surface area contributed by atoms with Crippen molar-refractivity contribution in [3.63, 3.8) is 0 Å². The summed E-state index contributed by atoms with van der Waals surface area (Å²) in [5, 5.41) is 9.69. The molecule has 1 aliphatic heterocycles. The van der Waals surface area contributed by atoms with Crippen molar-refractivity contribution in [2.24, 2.45) is 0 Å². The van der Waals surface area contributed by atoms with E-state index in [2.05, 4.69) is 4.72 Å². The molecule has 0 aliphatic carbocycles. The number of nitrogens with one attached hydrogen (secondary N) is 1. The first-order valence-corrected chi connectivity index (χ1v) is 12.1. The number of aromatic carboxylic acids is 1. The number of carboxylic acids is 1. The summed E-state index contributed by atoms with van der Waals surface area (Å²) in [5.74, 6) is 0.815. The number of anilines is 2. The van der Waals surface area contributed by atoms with Crippen LogP contribution in [0.1, 0.15) is 32.6 Å². The highest BCUT2D eigenvalue weighted by Gasteiger charge is 2.24. The van der Waals surface area contributed by atoms with E-state index in [1.165, 1.54) is 6.07 Å². The van der Waals surface area contributed by atoms with Gasteiger partial charge in [0.15, 0.2) is 0 Å². The molecule has 1 saturated heterocycles. The molecule has 1 heterocycles. The first-order chi connectivity index (χ1) is 13.6. The van der Waals surface area contributed by atoms with Crippen LogP contribution in [0.5, 0.6) is 0 Å². The van der Waals surface area contributed by atoms with E-state index >= 15 is 0 Å².